The van der Waals surface area contributed by atoms with Gasteiger partial charge in [0.25, 0.3) is 5.56 Å². The number of H-pyrrole nitrogens is 1. The number of rotatable bonds is 3. The molecule has 106 valence electrons. The van der Waals surface area contributed by atoms with Crippen molar-refractivity contribution in [2.45, 2.75) is 51.6 Å². The van der Waals surface area contributed by atoms with Crippen molar-refractivity contribution in [1.29, 1.82) is 0 Å². The average Bonchev–Trinajstić information content (AvgIpc) is 2.49. The van der Waals surface area contributed by atoms with E-state index in [0.717, 1.165) is 41.3 Å². The summed E-state index contributed by atoms with van der Waals surface area (Å²) in [5.74, 6) is 0.893. The third-order valence-corrected chi connectivity index (χ3v) is 4.19. The summed E-state index contributed by atoms with van der Waals surface area (Å²) in [6.07, 6.45) is 9.20. The standard InChI is InChI=1S/C17H21NO2/c1-2-12-11-18-17(19)15-9-8-14(10-16(12)15)20-13-6-4-3-5-7-13/h8-11,13H,2-7H2,1H3,(H,18,19). The molecule has 0 atom stereocenters. The molecule has 1 N–H and O–H groups in total. The highest BCUT2D eigenvalue weighted by atomic mass is 16.5. The van der Waals surface area contributed by atoms with Gasteiger partial charge in [-0.3, -0.25) is 4.79 Å². The summed E-state index contributed by atoms with van der Waals surface area (Å²) in [6.45, 7) is 2.10. The van der Waals surface area contributed by atoms with Gasteiger partial charge in [0.2, 0.25) is 0 Å². The topological polar surface area (TPSA) is 42.1 Å². The number of nitrogens with one attached hydrogen (secondary N) is 1. The molecule has 0 aliphatic heterocycles. The van der Waals surface area contributed by atoms with E-state index in [1.54, 1.807) is 0 Å². The van der Waals surface area contributed by atoms with E-state index < -0.39 is 0 Å². The van der Waals surface area contributed by atoms with Gasteiger partial charge in [0.1, 0.15) is 5.75 Å². The predicted molar refractivity (Wildman–Crippen MR) is 81.4 cm³/mol. The van der Waals surface area contributed by atoms with Gasteiger partial charge in [-0.25, -0.2) is 0 Å². The van der Waals surface area contributed by atoms with Crippen LogP contribution < -0.4 is 10.3 Å². The summed E-state index contributed by atoms with van der Waals surface area (Å²) in [7, 11) is 0. The Morgan fingerprint density at radius 1 is 1.20 bits per heavy atom. The Hall–Kier alpha value is -1.77. The molecule has 1 aliphatic rings. The molecule has 1 fully saturated rings. The van der Waals surface area contributed by atoms with Gasteiger partial charge in [-0.2, -0.15) is 0 Å². The number of fused-ring (bicyclic) bond motifs is 1. The number of hydrogen-bond donors (Lipinski definition) is 1. The minimum atomic E-state index is -0.0265. The molecule has 0 amide bonds. The first-order valence-corrected chi connectivity index (χ1v) is 7.59. The summed E-state index contributed by atoms with van der Waals surface area (Å²) in [6, 6.07) is 5.83. The van der Waals surface area contributed by atoms with Gasteiger partial charge in [-0.1, -0.05) is 13.3 Å². The van der Waals surface area contributed by atoms with Crippen molar-refractivity contribution in [2.24, 2.45) is 0 Å². The van der Waals surface area contributed by atoms with E-state index in [1.165, 1.54) is 19.3 Å². The zero-order valence-corrected chi connectivity index (χ0v) is 11.9. The average molecular weight is 271 g/mol. The quantitative estimate of drug-likeness (QED) is 0.922. The van der Waals surface area contributed by atoms with Gasteiger partial charge >= 0.3 is 0 Å². The molecule has 1 aliphatic carbocycles. The summed E-state index contributed by atoms with van der Waals surface area (Å²) >= 11 is 0. The van der Waals surface area contributed by atoms with Crippen LogP contribution in [0.15, 0.2) is 29.2 Å². The van der Waals surface area contributed by atoms with Crippen molar-refractivity contribution in [1.82, 2.24) is 4.98 Å². The van der Waals surface area contributed by atoms with Crippen LogP contribution in [-0.2, 0) is 6.42 Å². The van der Waals surface area contributed by atoms with Crippen molar-refractivity contribution in [2.75, 3.05) is 0 Å². The van der Waals surface area contributed by atoms with E-state index in [-0.39, 0.29) is 5.56 Å². The number of ether oxygens (including phenoxy) is 1. The molecule has 3 rings (SSSR count). The van der Waals surface area contributed by atoms with E-state index >= 15 is 0 Å². The van der Waals surface area contributed by atoms with Crippen LogP contribution in [0.3, 0.4) is 0 Å². The van der Waals surface area contributed by atoms with E-state index in [0.29, 0.717) is 6.10 Å². The number of pyridine rings is 1. The number of aromatic nitrogens is 1. The monoisotopic (exact) mass is 271 g/mol. The Morgan fingerprint density at radius 3 is 2.75 bits per heavy atom. The maximum absolute atomic E-state index is 11.9. The maximum Gasteiger partial charge on any atom is 0.255 e. The molecule has 1 saturated carbocycles. The molecule has 20 heavy (non-hydrogen) atoms. The summed E-state index contributed by atoms with van der Waals surface area (Å²) in [5.41, 5.74) is 1.13. The van der Waals surface area contributed by atoms with E-state index in [2.05, 4.69) is 11.9 Å². The normalized spacial score (nSPS) is 16.4. The fourth-order valence-electron chi connectivity index (χ4n) is 3.04. The zero-order valence-electron chi connectivity index (χ0n) is 11.9. The molecule has 1 aromatic heterocycles. The molecule has 3 nitrogen and oxygen atoms in total. The van der Waals surface area contributed by atoms with Gasteiger partial charge in [-0.15, -0.1) is 0 Å². The highest BCUT2D eigenvalue weighted by Gasteiger charge is 2.15. The molecule has 2 aromatic rings. The lowest BCUT2D eigenvalue weighted by atomic mass is 9.97. The Balaban J connectivity index is 1.94. The first-order chi connectivity index (χ1) is 9.78. The van der Waals surface area contributed by atoms with Crippen LogP contribution in [0.4, 0.5) is 0 Å². The second-order valence-electron chi connectivity index (χ2n) is 5.58. The molecule has 0 unspecified atom stereocenters. The van der Waals surface area contributed by atoms with Crippen LogP contribution in [0, 0.1) is 0 Å². The van der Waals surface area contributed by atoms with Gasteiger partial charge in [0, 0.05) is 11.6 Å². The number of hydrogen-bond acceptors (Lipinski definition) is 2. The van der Waals surface area contributed by atoms with Crippen molar-refractivity contribution in [3.05, 3.63) is 40.3 Å². The number of aryl methyl sites for hydroxylation is 1. The minimum Gasteiger partial charge on any atom is -0.490 e. The highest BCUT2D eigenvalue weighted by molar-refractivity contribution is 5.85. The van der Waals surface area contributed by atoms with Gasteiger partial charge < -0.3 is 9.72 Å². The molecule has 0 spiro atoms. The lowest BCUT2D eigenvalue weighted by Crippen LogP contribution is -2.19. The van der Waals surface area contributed by atoms with Crippen LogP contribution in [0.25, 0.3) is 10.8 Å². The lowest BCUT2D eigenvalue weighted by Gasteiger charge is -2.23. The third-order valence-electron chi connectivity index (χ3n) is 4.19. The van der Waals surface area contributed by atoms with Crippen LogP contribution in [0.2, 0.25) is 0 Å². The van der Waals surface area contributed by atoms with Crippen molar-refractivity contribution >= 4 is 10.8 Å². The molecule has 0 saturated heterocycles. The Labute approximate surface area is 119 Å². The van der Waals surface area contributed by atoms with Crippen LogP contribution in [-0.4, -0.2) is 11.1 Å². The number of aromatic amines is 1. The molecule has 0 radical (unpaired) electrons. The second kappa shape index (κ2) is 5.70. The summed E-state index contributed by atoms with van der Waals surface area (Å²) in [4.78, 5) is 14.7. The molecule has 1 heterocycles. The van der Waals surface area contributed by atoms with Crippen molar-refractivity contribution < 1.29 is 4.74 Å². The van der Waals surface area contributed by atoms with Gasteiger partial charge in [0.05, 0.1) is 6.10 Å². The molecular weight excluding hydrogens is 250 g/mol. The summed E-state index contributed by atoms with van der Waals surface area (Å²) < 4.78 is 6.09. The Bertz CT molecular complexity index is 654. The predicted octanol–water partition coefficient (Wildman–Crippen LogP) is 3.80. The van der Waals surface area contributed by atoms with Crippen molar-refractivity contribution in [3.8, 4) is 5.75 Å². The van der Waals surface area contributed by atoms with Crippen molar-refractivity contribution in [3.63, 3.8) is 0 Å². The fraction of sp³-hybridized carbons (Fsp3) is 0.471. The number of benzene rings is 1. The SMILES string of the molecule is CCc1c[nH]c(=O)c2ccc(OC3CCCCC3)cc12. The first kappa shape index (κ1) is 13.2. The second-order valence-corrected chi connectivity index (χ2v) is 5.58. The maximum atomic E-state index is 11.9. The first-order valence-electron chi connectivity index (χ1n) is 7.59. The fourth-order valence-corrected chi connectivity index (χ4v) is 3.04. The van der Waals surface area contributed by atoms with Crippen LogP contribution >= 0.6 is 0 Å². The molecular formula is C17H21NO2. The zero-order chi connectivity index (χ0) is 13.9. The highest BCUT2D eigenvalue weighted by Crippen LogP contribution is 2.26. The van der Waals surface area contributed by atoms with E-state index in [9.17, 15) is 4.79 Å². The van der Waals surface area contributed by atoms with Crippen LogP contribution in [0.1, 0.15) is 44.6 Å². The molecule has 0 bridgehead atoms. The summed E-state index contributed by atoms with van der Waals surface area (Å²) in [5, 5.41) is 1.77. The Morgan fingerprint density at radius 2 is 2.00 bits per heavy atom. The van der Waals surface area contributed by atoms with Gasteiger partial charge in [-0.05, 0) is 61.3 Å². The molecule has 1 aromatic carbocycles. The van der Waals surface area contributed by atoms with E-state index in [4.69, 9.17) is 4.74 Å². The molecule has 3 heteroatoms. The third kappa shape index (κ3) is 2.58. The van der Waals surface area contributed by atoms with E-state index in [1.807, 2.05) is 24.4 Å². The largest absolute Gasteiger partial charge is 0.490 e. The van der Waals surface area contributed by atoms with Crippen LogP contribution in [0.5, 0.6) is 5.75 Å². The minimum absolute atomic E-state index is 0.0265. The van der Waals surface area contributed by atoms with Gasteiger partial charge in [0.15, 0.2) is 0 Å². The lowest BCUT2D eigenvalue weighted by molar-refractivity contribution is 0.155. The Kier molecular flexibility index (Phi) is 3.77. The smallest absolute Gasteiger partial charge is 0.255 e.